The third-order valence-electron chi connectivity index (χ3n) is 2.89. The Kier molecular flexibility index (Phi) is 7.16. The van der Waals surface area contributed by atoms with Crippen molar-refractivity contribution in [3.05, 3.63) is 12.2 Å². The maximum absolute atomic E-state index is 5.56. The van der Waals surface area contributed by atoms with Crippen LogP contribution in [0.1, 0.15) is 44.9 Å². The summed E-state index contributed by atoms with van der Waals surface area (Å²) in [7, 11) is 0. The van der Waals surface area contributed by atoms with E-state index in [0.717, 1.165) is 12.6 Å². The van der Waals surface area contributed by atoms with Gasteiger partial charge in [0.2, 0.25) is 0 Å². The predicted octanol–water partition coefficient (Wildman–Crippen LogP) is 3.48. The van der Waals surface area contributed by atoms with E-state index in [0.29, 0.717) is 5.88 Å². The van der Waals surface area contributed by atoms with Gasteiger partial charge in [0.15, 0.2) is 0 Å². The van der Waals surface area contributed by atoms with Crippen molar-refractivity contribution in [2.24, 2.45) is 0 Å². The third-order valence-corrected chi connectivity index (χ3v) is 3.06. The molecule has 1 aliphatic rings. The molecule has 0 aliphatic heterocycles. The van der Waals surface area contributed by atoms with Gasteiger partial charge < -0.3 is 5.32 Å². The molecule has 2 heteroatoms. The molecule has 0 radical (unpaired) electrons. The fourth-order valence-corrected chi connectivity index (χ4v) is 2.17. The largest absolute Gasteiger partial charge is 0.311 e. The van der Waals surface area contributed by atoms with E-state index in [1.807, 2.05) is 6.08 Å². The summed E-state index contributed by atoms with van der Waals surface area (Å²) in [5, 5.41) is 3.58. The van der Waals surface area contributed by atoms with Crippen LogP contribution in [-0.4, -0.2) is 18.5 Å². The lowest BCUT2D eigenvalue weighted by Gasteiger charge is -2.20. The van der Waals surface area contributed by atoms with Crippen LogP contribution in [-0.2, 0) is 0 Å². The van der Waals surface area contributed by atoms with Crippen LogP contribution < -0.4 is 5.32 Å². The standard InChI is InChI=1S/C12H22ClN/c13-10-6-7-11-14-12-8-4-2-1-3-5-9-12/h6-7,12,14H,1-5,8-11H2/b7-6+. The number of halogens is 1. The second-order valence-corrected chi connectivity index (χ2v) is 4.38. The average molecular weight is 216 g/mol. The fourth-order valence-electron chi connectivity index (χ4n) is 2.04. The highest BCUT2D eigenvalue weighted by molar-refractivity contribution is 6.18. The minimum Gasteiger partial charge on any atom is -0.311 e. The lowest BCUT2D eigenvalue weighted by molar-refractivity contribution is 0.401. The van der Waals surface area contributed by atoms with Crippen molar-refractivity contribution in [3.63, 3.8) is 0 Å². The number of allylic oxidation sites excluding steroid dienone is 1. The number of hydrogen-bond acceptors (Lipinski definition) is 1. The van der Waals surface area contributed by atoms with Gasteiger partial charge in [-0.25, -0.2) is 0 Å². The Morgan fingerprint density at radius 1 is 1.00 bits per heavy atom. The first-order chi connectivity index (χ1) is 6.93. The normalized spacial score (nSPS) is 20.9. The second-order valence-electron chi connectivity index (χ2n) is 4.08. The molecule has 0 heterocycles. The molecule has 0 aromatic heterocycles. The molecule has 0 aromatic carbocycles. The molecule has 0 saturated heterocycles. The Labute approximate surface area is 92.9 Å². The van der Waals surface area contributed by atoms with Gasteiger partial charge >= 0.3 is 0 Å². The maximum Gasteiger partial charge on any atom is 0.0404 e. The van der Waals surface area contributed by atoms with Crippen LogP contribution in [0.2, 0.25) is 0 Å². The minimum absolute atomic E-state index is 0.631. The van der Waals surface area contributed by atoms with Gasteiger partial charge in [0.25, 0.3) is 0 Å². The highest BCUT2D eigenvalue weighted by atomic mass is 35.5. The van der Waals surface area contributed by atoms with Crippen LogP contribution in [0, 0.1) is 0 Å². The lowest BCUT2D eigenvalue weighted by Crippen LogP contribution is -2.29. The number of rotatable bonds is 4. The van der Waals surface area contributed by atoms with E-state index in [-0.39, 0.29) is 0 Å². The molecule has 1 fully saturated rings. The van der Waals surface area contributed by atoms with E-state index < -0.39 is 0 Å². The van der Waals surface area contributed by atoms with Gasteiger partial charge in [-0.2, -0.15) is 0 Å². The van der Waals surface area contributed by atoms with Crippen molar-refractivity contribution < 1.29 is 0 Å². The van der Waals surface area contributed by atoms with Crippen LogP contribution >= 0.6 is 11.6 Å². The summed E-state index contributed by atoms with van der Waals surface area (Å²) >= 11 is 5.56. The molecule has 1 rings (SSSR count). The van der Waals surface area contributed by atoms with Crippen molar-refractivity contribution in [3.8, 4) is 0 Å². The van der Waals surface area contributed by atoms with Gasteiger partial charge in [-0.15, -0.1) is 11.6 Å². The Balaban J connectivity index is 2.10. The molecule has 0 unspecified atom stereocenters. The molecule has 0 amide bonds. The summed E-state index contributed by atoms with van der Waals surface area (Å²) in [6.07, 6.45) is 13.9. The predicted molar refractivity (Wildman–Crippen MR) is 64.0 cm³/mol. The Morgan fingerprint density at radius 3 is 2.29 bits per heavy atom. The van der Waals surface area contributed by atoms with Gasteiger partial charge in [0, 0.05) is 18.5 Å². The molecule has 0 aromatic rings. The van der Waals surface area contributed by atoms with E-state index in [4.69, 9.17) is 11.6 Å². The van der Waals surface area contributed by atoms with Crippen LogP contribution in [0.3, 0.4) is 0 Å². The topological polar surface area (TPSA) is 12.0 Å². The Hall–Kier alpha value is -0.0100. The molecule has 0 atom stereocenters. The van der Waals surface area contributed by atoms with Gasteiger partial charge in [-0.1, -0.05) is 44.3 Å². The monoisotopic (exact) mass is 215 g/mol. The summed E-state index contributed by atoms with van der Waals surface area (Å²) in [6, 6.07) is 0.746. The third kappa shape index (κ3) is 5.66. The molecule has 1 aliphatic carbocycles. The van der Waals surface area contributed by atoms with Crippen LogP contribution in [0.5, 0.6) is 0 Å². The smallest absolute Gasteiger partial charge is 0.0404 e. The first-order valence-electron chi connectivity index (χ1n) is 5.88. The zero-order valence-electron chi connectivity index (χ0n) is 8.97. The minimum atomic E-state index is 0.631. The average Bonchev–Trinajstić information content (AvgIpc) is 2.15. The summed E-state index contributed by atoms with van der Waals surface area (Å²) < 4.78 is 0. The molecule has 1 N–H and O–H groups in total. The molecule has 14 heavy (non-hydrogen) atoms. The number of hydrogen-bond donors (Lipinski definition) is 1. The van der Waals surface area contributed by atoms with Gasteiger partial charge in [-0.05, 0) is 12.8 Å². The fraction of sp³-hybridized carbons (Fsp3) is 0.833. The van der Waals surface area contributed by atoms with Crippen molar-refractivity contribution in [2.45, 2.75) is 51.0 Å². The van der Waals surface area contributed by atoms with Crippen LogP contribution in [0.4, 0.5) is 0 Å². The first kappa shape index (κ1) is 12.1. The van der Waals surface area contributed by atoms with E-state index in [9.17, 15) is 0 Å². The van der Waals surface area contributed by atoms with Gasteiger partial charge in [-0.3, -0.25) is 0 Å². The maximum atomic E-state index is 5.56. The molecule has 82 valence electrons. The summed E-state index contributed by atoms with van der Waals surface area (Å²) in [4.78, 5) is 0. The lowest BCUT2D eigenvalue weighted by atomic mass is 9.97. The molecule has 0 bridgehead atoms. The number of nitrogens with one attached hydrogen (secondary N) is 1. The van der Waals surface area contributed by atoms with E-state index in [1.54, 1.807) is 0 Å². The second kappa shape index (κ2) is 8.31. The van der Waals surface area contributed by atoms with E-state index in [2.05, 4.69) is 11.4 Å². The molecular weight excluding hydrogens is 194 g/mol. The quantitative estimate of drug-likeness (QED) is 0.559. The van der Waals surface area contributed by atoms with E-state index >= 15 is 0 Å². The van der Waals surface area contributed by atoms with Crippen molar-refractivity contribution in [1.82, 2.24) is 5.32 Å². The SMILES string of the molecule is ClC/C=C/CNC1CCCCCCC1. The molecule has 1 nitrogen and oxygen atoms in total. The summed E-state index contributed by atoms with van der Waals surface area (Å²) in [6.45, 7) is 0.984. The molecule has 1 saturated carbocycles. The zero-order chi connectivity index (χ0) is 10.1. The molecular formula is C12H22ClN. The summed E-state index contributed by atoms with van der Waals surface area (Å²) in [5.41, 5.74) is 0. The number of alkyl halides is 1. The van der Waals surface area contributed by atoms with Crippen LogP contribution in [0.25, 0.3) is 0 Å². The molecule has 0 spiro atoms. The summed E-state index contributed by atoms with van der Waals surface area (Å²) in [5.74, 6) is 0.631. The van der Waals surface area contributed by atoms with Crippen molar-refractivity contribution >= 4 is 11.6 Å². The first-order valence-corrected chi connectivity index (χ1v) is 6.41. The van der Waals surface area contributed by atoms with Crippen LogP contribution in [0.15, 0.2) is 12.2 Å². The van der Waals surface area contributed by atoms with Gasteiger partial charge in [0.05, 0.1) is 0 Å². The highest BCUT2D eigenvalue weighted by Crippen LogP contribution is 2.16. The van der Waals surface area contributed by atoms with Crippen molar-refractivity contribution in [2.75, 3.05) is 12.4 Å². The Bertz CT molecular complexity index is 148. The van der Waals surface area contributed by atoms with Gasteiger partial charge in [0.1, 0.15) is 0 Å². The van der Waals surface area contributed by atoms with E-state index in [1.165, 1.54) is 44.9 Å². The highest BCUT2D eigenvalue weighted by Gasteiger charge is 2.08. The van der Waals surface area contributed by atoms with Crippen molar-refractivity contribution in [1.29, 1.82) is 0 Å². The Morgan fingerprint density at radius 2 is 1.64 bits per heavy atom. The zero-order valence-corrected chi connectivity index (χ0v) is 9.73.